The van der Waals surface area contributed by atoms with Gasteiger partial charge in [-0.2, -0.15) is 0 Å². The maximum Gasteiger partial charge on any atom is 0.161 e. The van der Waals surface area contributed by atoms with Crippen molar-refractivity contribution in [1.29, 1.82) is 0 Å². The Bertz CT molecular complexity index is 482. The molecule has 3 nitrogen and oxygen atoms in total. The molecule has 3 heteroatoms. The summed E-state index contributed by atoms with van der Waals surface area (Å²) < 4.78 is 10.8. The first-order valence-corrected chi connectivity index (χ1v) is 7.40. The lowest BCUT2D eigenvalue weighted by Gasteiger charge is -2.23. The smallest absolute Gasteiger partial charge is 0.161 e. The first kappa shape index (κ1) is 15.2. The van der Waals surface area contributed by atoms with Crippen LogP contribution in [0.5, 0.6) is 11.5 Å². The van der Waals surface area contributed by atoms with Gasteiger partial charge in [-0.3, -0.25) is 0 Å². The van der Waals surface area contributed by atoms with Gasteiger partial charge in [0.15, 0.2) is 11.5 Å². The summed E-state index contributed by atoms with van der Waals surface area (Å²) in [7, 11) is 3.38. The van der Waals surface area contributed by atoms with E-state index < -0.39 is 0 Å². The minimum absolute atomic E-state index is 0.398. The van der Waals surface area contributed by atoms with Gasteiger partial charge in [0.05, 0.1) is 14.2 Å². The van der Waals surface area contributed by atoms with Crippen LogP contribution in [0, 0.1) is 18.3 Å². The van der Waals surface area contributed by atoms with E-state index in [1.54, 1.807) is 14.2 Å². The van der Waals surface area contributed by atoms with Crippen molar-refractivity contribution in [2.45, 2.75) is 40.2 Å². The first-order valence-electron chi connectivity index (χ1n) is 7.40. The molecule has 1 aliphatic carbocycles. The molecule has 1 saturated carbocycles. The molecule has 1 aliphatic rings. The maximum absolute atomic E-state index is 5.46. The minimum Gasteiger partial charge on any atom is -0.493 e. The lowest BCUT2D eigenvalue weighted by atomic mass is 9.93. The fraction of sp³-hybridized carbons (Fsp3) is 0.647. The molecule has 2 unspecified atom stereocenters. The van der Waals surface area contributed by atoms with E-state index >= 15 is 0 Å². The predicted molar refractivity (Wildman–Crippen MR) is 82.6 cm³/mol. The van der Waals surface area contributed by atoms with E-state index in [0.717, 1.165) is 18.0 Å². The molecule has 1 aromatic rings. The van der Waals surface area contributed by atoms with Gasteiger partial charge in [0, 0.05) is 6.04 Å². The number of hydrogen-bond acceptors (Lipinski definition) is 3. The number of benzene rings is 1. The lowest BCUT2D eigenvalue weighted by molar-refractivity contribution is 0.352. The van der Waals surface area contributed by atoms with Crippen LogP contribution in [0.1, 0.15) is 44.4 Å². The highest BCUT2D eigenvalue weighted by molar-refractivity contribution is 5.48. The lowest BCUT2D eigenvalue weighted by Crippen LogP contribution is -2.25. The SMILES string of the molecule is CCNC(c1cc(OC)c(OC)cc1C)C1CC1(C)C. The molecule has 0 radical (unpaired) electrons. The van der Waals surface area contributed by atoms with Gasteiger partial charge in [-0.1, -0.05) is 20.8 Å². The minimum atomic E-state index is 0.398. The van der Waals surface area contributed by atoms with E-state index in [1.807, 2.05) is 0 Å². The van der Waals surface area contributed by atoms with Crippen LogP contribution >= 0.6 is 0 Å². The Morgan fingerprint density at radius 1 is 1.25 bits per heavy atom. The summed E-state index contributed by atoms with van der Waals surface area (Å²) in [5.41, 5.74) is 3.03. The van der Waals surface area contributed by atoms with Crippen molar-refractivity contribution in [1.82, 2.24) is 5.32 Å². The molecule has 0 heterocycles. The van der Waals surface area contributed by atoms with Crippen LogP contribution in [0.25, 0.3) is 0 Å². The summed E-state index contributed by atoms with van der Waals surface area (Å²) in [6, 6.07) is 4.61. The van der Waals surface area contributed by atoms with E-state index in [2.05, 4.69) is 45.1 Å². The van der Waals surface area contributed by atoms with Crippen molar-refractivity contribution in [3.05, 3.63) is 23.3 Å². The Kier molecular flexibility index (Phi) is 4.28. The van der Waals surface area contributed by atoms with Crippen LogP contribution in [-0.2, 0) is 0 Å². The number of hydrogen-bond donors (Lipinski definition) is 1. The van der Waals surface area contributed by atoms with Gasteiger partial charge in [0.2, 0.25) is 0 Å². The van der Waals surface area contributed by atoms with E-state index in [4.69, 9.17) is 9.47 Å². The number of aryl methyl sites for hydroxylation is 1. The van der Waals surface area contributed by atoms with E-state index in [-0.39, 0.29) is 0 Å². The number of methoxy groups -OCH3 is 2. The second-order valence-electron chi connectivity index (χ2n) is 6.40. The summed E-state index contributed by atoms with van der Waals surface area (Å²) in [5, 5.41) is 3.65. The van der Waals surface area contributed by atoms with E-state index in [1.165, 1.54) is 17.5 Å². The molecule has 1 N–H and O–H groups in total. The quantitative estimate of drug-likeness (QED) is 0.860. The molecule has 112 valence electrons. The van der Waals surface area contributed by atoms with E-state index in [9.17, 15) is 0 Å². The van der Waals surface area contributed by atoms with Crippen molar-refractivity contribution >= 4 is 0 Å². The fourth-order valence-corrected chi connectivity index (χ4v) is 3.10. The molecule has 0 aromatic heterocycles. The average Bonchev–Trinajstić information content (AvgIpc) is 3.04. The molecule has 0 saturated heterocycles. The summed E-state index contributed by atoms with van der Waals surface area (Å²) in [6.45, 7) is 9.98. The highest BCUT2D eigenvalue weighted by atomic mass is 16.5. The Morgan fingerprint density at radius 2 is 1.80 bits per heavy atom. The molecular weight excluding hydrogens is 250 g/mol. The second kappa shape index (κ2) is 5.65. The number of nitrogens with one attached hydrogen (secondary N) is 1. The number of rotatable bonds is 6. The van der Waals surface area contributed by atoms with Crippen molar-refractivity contribution in [2.75, 3.05) is 20.8 Å². The summed E-state index contributed by atoms with van der Waals surface area (Å²) in [4.78, 5) is 0. The second-order valence-corrected chi connectivity index (χ2v) is 6.40. The molecule has 2 rings (SSSR count). The zero-order valence-corrected chi connectivity index (χ0v) is 13.5. The van der Waals surface area contributed by atoms with Crippen LogP contribution < -0.4 is 14.8 Å². The van der Waals surface area contributed by atoms with Gasteiger partial charge >= 0.3 is 0 Å². The van der Waals surface area contributed by atoms with Gasteiger partial charge in [-0.25, -0.2) is 0 Å². The highest BCUT2D eigenvalue weighted by Gasteiger charge is 2.50. The Morgan fingerprint density at radius 3 is 2.25 bits per heavy atom. The molecule has 0 aliphatic heterocycles. The Balaban J connectivity index is 2.38. The fourth-order valence-electron chi connectivity index (χ4n) is 3.10. The molecule has 0 bridgehead atoms. The van der Waals surface area contributed by atoms with Crippen LogP contribution in [-0.4, -0.2) is 20.8 Å². The summed E-state index contributed by atoms with van der Waals surface area (Å²) >= 11 is 0. The largest absolute Gasteiger partial charge is 0.493 e. The molecule has 2 atom stereocenters. The van der Waals surface area contributed by atoms with E-state index in [0.29, 0.717) is 17.4 Å². The maximum atomic E-state index is 5.46. The van der Waals surface area contributed by atoms with Crippen LogP contribution in [0.3, 0.4) is 0 Å². The van der Waals surface area contributed by atoms with Gasteiger partial charge in [-0.15, -0.1) is 0 Å². The Labute approximate surface area is 122 Å². The zero-order valence-electron chi connectivity index (χ0n) is 13.5. The summed E-state index contributed by atoms with van der Waals surface area (Å²) in [5.74, 6) is 2.31. The molecule has 0 amide bonds. The summed E-state index contributed by atoms with van der Waals surface area (Å²) in [6.07, 6.45) is 1.28. The van der Waals surface area contributed by atoms with Crippen molar-refractivity contribution in [3.8, 4) is 11.5 Å². The topological polar surface area (TPSA) is 30.5 Å². The monoisotopic (exact) mass is 277 g/mol. The highest BCUT2D eigenvalue weighted by Crippen LogP contribution is 2.58. The van der Waals surface area contributed by atoms with Gasteiger partial charge in [0.1, 0.15) is 0 Å². The van der Waals surface area contributed by atoms with Crippen LogP contribution in [0.4, 0.5) is 0 Å². The Hall–Kier alpha value is -1.22. The molecule has 1 fully saturated rings. The predicted octanol–water partition coefficient (Wildman–Crippen LogP) is 3.71. The third-order valence-electron chi connectivity index (χ3n) is 4.52. The van der Waals surface area contributed by atoms with Crippen molar-refractivity contribution in [3.63, 3.8) is 0 Å². The van der Waals surface area contributed by atoms with Crippen LogP contribution in [0.15, 0.2) is 12.1 Å². The molecular formula is C17H27NO2. The standard InChI is InChI=1S/C17H27NO2/c1-7-18-16(13-10-17(13,3)4)12-9-15(20-6)14(19-5)8-11(12)2/h8-9,13,16,18H,7,10H2,1-6H3. The molecule has 0 spiro atoms. The third-order valence-corrected chi connectivity index (χ3v) is 4.52. The third kappa shape index (κ3) is 2.78. The molecule has 20 heavy (non-hydrogen) atoms. The van der Waals surface area contributed by atoms with Crippen molar-refractivity contribution in [2.24, 2.45) is 11.3 Å². The van der Waals surface area contributed by atoms with Gasteiger partial charge in [0.25, 0.3) is 0 Å². The zero-order chi connectivity index (χ0) is 14.9. The van der Waals surface area contributed by atoms with Crippen molar-refractivity contribution < 1.29 is 9.47 Å². The van der Waals surface area contributed by atoms with Crippen LogP contribution in [0.2, 0.25) is 0 Å². The number of ether oxygens (including phenoxy) is 2. The average molecular weight is 277 g/mol. The first-order chi connectivity index (χ1) is 9.44. The normalized spacial score (nSPS) is 21.4. The van der Waals surface area contributed by atoms with Gasteiger partial charge in [-0.05, 0) is 54.5 Å². The molecule has 1 aromatic carbocycles. The van der Waals surface area contributed by atoms with Gasteiger partial charge < -0.3 is 14.8 Å².